The first-order valence-electron chi connectivity index (χ1n) is 11.0. The van der Waals surface area contributed by atoms with Crippen LogP contribution in [-0.2, 0) is 4.74 Å². The highest BCUT2D eigenvalue weighted by molar-refractivity contribution is 8.00. The Balaban J connectivity index is 1.72. The average Bonchev–Trinajstić information content (AvgIpc) is 3.04. The van der Waals surface area contributed by atoms with Gasteiger partial charge < -0.3 is 4.74 Å². The number of allylic oxidation sites excluding steroid dienone is 2. The van der Waals surface area contributed by atoms with Gasteiger partial charge in [0, 0.05) is 17.3 Å². The summed E-state index contributed by atoms with van der Waals surface area (Å²) in [7, 11) is 1.87. The van der Waals surface area contributed by atoms with Gasteiger partial charge in [0.2, 0.25) is 0 Å². The highest BCUT2D eigenvalue weighted by Gasteiger charge is 2.67. The molecule has 0 aliphatic heterocycles. The molecule has 0 heterocycles. The predicted octanol–water partition coefficient (Wildman–Crippen LogP) is 7.43. The van der Waals surface area contributed by atoms with Crippen LogP contribution in [0.2, 0.25) is 0 Å². The van der Waals surface area contributed by atoms with Crippen LogP contribution in [0.3, 0.4) is 0 Å². The minimum atomic E-state index is -0.374. The lowest BCUT2D eigenvalue weighted by Crippen LogP contribution is -2.57. The van der Waals surface area contributed by atoms with Gasteiger partial charge in [-0.1, -0.05) is 30.7 Å². The monoisotopic (exact) mass is 442 g/mol. The Kier molecular flexibility index (Phi) is 5.79. The van der Waals surface area contributed by atoms with Crippen LogP contribution in [0.15, 0.2) is 23.8 Å². The van der Waals surface area contributed by atoms with E-state index in [0.29, 0.717) is 17.4 Å². The van der Waals surface area contributed by atoms with Crippen LogP contribution in [0.1, 0.15) is 65.2 Å². The minimum absolute atomic E-state index is 0.138. The molecular weight excluding hydrogens is 407 g/mol. The molecule has 3 fully saturated rings. The van der Waals surface area contributed by atoms with Crippen LogP contribution in [0.4, 0.5) is 0 Å². The SMILES string of the molecule is C=C(C)C1(C(Cl)Cl)CCC2C3CC=C4CC(OC)CCC4(C)C3CCC21SC. The summed E-state index contributed by atoms with van der Waals surface area (Å²) in [5.41, 5.74) is 3.08. The summed E-state index contributed by atoms with van der Waals surface area (Å²) in [5, 5.41) is 0. The first-order valence-corrected chi connectivity index (χ1v) is 13.1. The van der Waals surface area contributed by atoms with Crippen molar-refractivity contribution in [1.82, 2.24) is 0 Å². The normalized spacial score (nSPS) is 47.9. The summed E-state index contributed by atoms with van der Waals surface area (Å²) < 4.78 is 5.86. The zero-order valence-corrected chi connectivity index (χ0v) is 20.2. The average molecular weight is 444 g/mol. The molecular formula is C24H36Cl2OS. The lowest BCUT2D eigenvalue weighted by molar-refractivity contribution is -0.0162. The van der Waals surface area contributed by atoms with E-state index in [1.807, 2.05) is 18.9 Å². The van der Waals surface area contributed by atoms with E-state index in [1.54, 1.807) is 5.57 Å². The molecule has 7 atom stereocenters. The molecule has 7 unspecified atom stereocenters. The van der Waals surface area contributed by atoms with Crippen molar-refractivity contribution in [2.24, 2.45) is 28.6 Å². The molecule has 28 heavy (non-hydrogen) atoms. The molecule has 0 aromatic carbocycles. The molecule has 0 aromatic rings. The molecule has 4 aliphatic carbocycles. The van der Waals surface area contributed by atoms with Gasteiger partial charge in [0.25, 0.3) is 0 Å². The number of methoxy groups -OCH3 is 1. The van der Waals surface area contributed by atoms with Crippen LogP contribution in [0.5, 0.6) is 0 Å². The van der Waals surface area contributed by atoms with Crippen molar-refractivity contribution < 1.29 is 4.74 Å². The quantitative estimate of drug-likeness (QED) is 0.330. The number of halogens is 2. The van der Waals surface area contributed by atoms with Crippen molar-refractivity contribution in [3.63, 3.8) is 0 Å². The molecule has 0 radical (unpaired) electrons. The number of fused-ring (bicyclic) bond motifs is 5. The Hall–Kier alpha value is 0.370. The zero-order chi connectivity index (χ0) is 20.3. The predicted molar refractivity (Wildman–Crippen MR) is 123 cm³/mol. The Bertz CT molecular complexity index is 676. The second kappa shape index (κ2) is 7.50. The van der Waals surface area contributed by atoms with Gasteiger partial charge >= 0.3 is 0 Å². The largest absolute Gasteiger partial charge is 0.381 e. The van der Waals surface area contributed by atoms with Gasteiger partial charge in [0.1, 0.15) is 4.84 Å². The van der Waals surface area contributed by atoms with Crippen LogP contribution in [-0.4, -0.2) is 29.1 Å². The van der Waals surface area contributed by atoms with Crippen molar-refractivity contribution >= 4 is 35.0 Å². The van der Waals surface area contributed by atoms with Gasteiger partial charge in [0.15, 0.2) is 0 Å². The minimum Gasteiger partial charge on any atom is -0.381 e. The number of hydrogen-bond acceptors (Lipinski definition) is 2. The highest BCUT2D eigenvalue weighted by Crippen LogP contribution is 2.72. The van der Waals surface area contributed by atoms with Crippen LogP contribution in [0.25, 0.3) is 0 Å². The summed E-state index contributed by atoms with van der Waals surface area (Å²) >= 11 is 15.5. The molecule has 158 valence electrons. The van der Waals surface area contributed by atoms with Crippen molar-refractivity contribution in [2.45, 2.75) is 80.9 Å². The molecule has 4 aliphatic rings. The van der Waals surface area contributed by atoms with Crippen LogP contribution >= 0.6 is 35.0 Å². The van der Waals surface area contributed by atoms with Gasteiger partial charge in [-0.25, -0.2) is 0 Å². The third-order valence-corrected chi connectivity index (χ3v) is 11.9. The van der Waals surface area contributed by atoms with Crippen LogP contribution < -0.4 is 0 Å². The fraction of sp³-hybridized carbons (Fsp3) is 0.833. The van der Waals surface area contributed by atoms with E-state index < -0.39 is 0 Å². The van der Waals surface area contributed by atoms with Gasteiger partial charge in [0.05, 0.1) is 6.10 Å². The first kappa shape index (κ1) is 21.6. The van der Waals surface area contributed by atoms with E-state index in [9.17, 15) is 0 Å². The number of rotatable bonds is 4. The zero-order valence-electron chi connectivity index (χ0n) is 17.9. The second-order valence-electron chi connectivity index (χ2n) is 10.1. The third kappa shape index (κ3) is 2.69. The number of alkyl halides is 2. The highest BCUT2D eigenvalue weighted by atomic mass is 35.5. The molecule has 0 bridgehead atoms. The van der Waals surface area contributed by atoms with Crippen molar-refractivity contribution in [2.75, 3.05) is 13.4 Å². The van der Waals surface area contributed by atoms with E-state index in [-0.39, 0.29) is 15.0 Å². The molecule has 4 rings (SSSR count). The Morgan fingerprint density at radius 3 is 2.54 bits per heavy atom. The summed E-state index contributed by atoms with van der Waals surface area (Å²) in [4.78, 5) is -0.374. The van der Waals surface area contributed by atoms with Crippen molar-refractivity contribution in [3.8, 4) is 0 Å². The summed E-state index contributed by atoms with van der Waals surface area (Å²) in [6.45, 7) is 9.13. The Morgan fingerprint density at radius 2 is 1.93 bits per heavy atom. The van der Waals surface area contributed by atoms with Crippen molar-refractivity contribution in [1.29, 1.82) is 0 Å². The van der Waals surface area contributed by atoms with E-state index in [4.69, 9.17) is 27.9 Å². The fourth-order valence-electron chi connectivity index (χ4n) is 8.02. The molecule has 0 saturated heterocycles. The Morgan fingerprint density at radius 1 is 1.21 bits per heavy atom. The van der Waals surface area contributed by atoms with E-state index in [2.05, 4.69) is 32.8 Å². The lowest BCUT2D eigenvalue weighted by atomic mass is 9.49. The maximum absolute atomic E-state index is 6.73. The van der Waals surface area contributed by atoms with E-state index in [1.165, 1.54) is 44.1 Å². The molecule has 0 amide bonds. The maximum Gasteiger partial charge on any atom is 0.118 e. The van der Waals surface area contributed by atoms with E-state index in [0.717, 1.165) is 24.7 Å². The summed E-state index contributed by atoms with van der Waals surface area (Å²) in [5.74, 6) is 2.23. The molecule has 4 heteroatoms. The number of ether oxygens (including phenoxy) is 1. The van der Waals surface area contributed by atoms with E-state index >= 15 is 0 Å². The van der Waals surface area contributed by atoms with Gasteiger partial charge in [-0.15, -0.1) is 23.2 Å². The summed E-state index contributed by atoms with van der Waals surface area (Å²) in [6, 6.07) is 0. The lowest BCUT2D eigenvalue weighted by Gasteiger charge is -2.60. The molecule has 0 N–H and O–H groups in total. The maximum atomic E-state index is 6.73. The Labute approximate surface area is 186 Å². The number of thioether (sulfide) groups is 1. The standard InChI is InChI=1S/C24H36Cl2OS/c1-15(2)23(21(25)26)12-9-20-18-7-6-16-14-17(27-4)8-11-22(16,3)19(18)10-13-24(20,23)28-5/h6,17-21H,1,7-14H2,2-5H3. The van der Waals surface area contributed by atoms with Crippen LogP contribution in [0, 0.1) is 28.6 Å². The third-order valence-electron chi connectivity index (χ3n) is 9.52. The van der Waals surface area contributed by atoms with Gasteiger partial charge in [-0.05, 0) is 87.7 Å². The smallest absolute Gasteiger partial charge is 0.118 e. The second-order valence-corrected chi connectivity index (χ2v) is 12.3. The molecule has 0 spiro atoms. The van der Waals surface area contributed by atoms with Gasteiger partial charge in [-0.2, -0.15) is 11.8 Å². The molecule has 0 aromatic heterocycles. The topological polar surface area (TPSA) is 9.23 Å². The molecule has 3 saturated carbocycles. The summed E-state index contributed by atoms with van der Waals surface area (Å²) in [6.07, 6.45) is 15.0. The van der Waals surface area contributed by atoms with Crippen molar-refractivity contribution in [3.05, 3.63) is 23.8 Å². The number of hydrogen-bond donors (Lipinski definition) is 0. The fourth-order valence-corrected chi connectivity index (χ4v) is 10.8. The first-order chi connectivity index (χ1) is 13.3. The van der Waals surface area contributed by atoms with Gasteiger partial charge in [-0.3, -0.25) is 0 Å². The molecule has 1 nitrogen and oxygen atoms in total.